The van der Waals surface area contributed by atoms with Gasteiger partial charge in [0.15, 0.2) is 0 Å². The van der Waals surface area contributed by atoms with Crippen molar-refractivity contribution in [2.75, 3.05) is 20.3 Å². The first-order valence-corrected chi connectivity index (χ1v) is 7.67. The molecule has 0 aliphatic heterocycles. The van der Waals surface area contributed by atoms with E-state index in [9.17, 15) is 5.11 Å². The van der Waals surface area contributed by atoms with Crippen LogP contribution in [0.15, 0.2) is 0 Å². The Morgan fingerprint density at radius 1 is 1.28 bits per heavy atom. The van der Waals surface area contributed by atoms with Crippen molar-refractivity contribution in [2.45, 2.75) is 76.4 Å². The van der Waals surface area contributed by atoms with Crippen LogP contribution in [-0.4, -0.2) is 37.0 Å². The average Bonchev–Trinajstić information content (AvgIpc) is 2.43. The predicted molar refractivity (Wildman–Crippen MR) is 75.8 cm³/mol. The first kappa shape index (κ1) is 15.9. The molecule has 2 unspecified atom stereocenters. The van der Waals surface area contributed by atoms with Crippen molar-refractivity contribution in [1.29, 1.82) is 0 Å². The molecule has 0 radical (unpaired) electrons. The maximum absolute atomic E-state index is 9.51. The summed E-state index contributed by atoms with van der Waals surface area (Å²) in [7, 11) is 1.95. The van der Waals surface area contributed by atoms with Crippen LogP contribution in [0.5, 0.6) is 0 Å². The van der Waals surface area contributed by atoms with Gasteiger partial charge >= 0.3 is 0 Å². The van der Waals surface area contributed by atoms with Gasteiger partial charge in [0.1, 0.15) is 0 Å². The lowest BCUT2D eigenvalue weighted by Crippen LogP contribution is -2.51. The van der Waals surface area contributed by atoms with Gasteiger partial charge < -0.3 is 15.2 Å². The van der Waals surface area contributed by atoms with Crippen LogP contribution in [0.2, 0.25) is 0 Å². The second kappa shape index (κ2) is 8.89. The number of nitrogens with one attached hydrogen (secondary N) is 1. The van der Waals surface area contributed by atoms with Crippen molar-refractivity contribution >= 4 is 0 Å². The first-order chi connectivity index (χ1) is 8.76. The fourth-order valence-electron chi connectivity index (χ4n) is 2.86. The molecule has 0 spiro atoms. The molecular formula is C15H31NO2. The molecule has 1 fully saturated rings. The Bertz CT molecular complexity index is 205. The lowest BCUT2D eigenvalue weighted by atomic mass is 9.81. The molecule has 108 valence electrons. The quantitative estimate of drug-likeness (QED) is 0.624. The van der Waals surface area contributed by atoms with Gasteiger partial charge in [-0.25, -0.2) is 0 Å². The van der Waals surface area contributed by atoms with Crippen molar-refractivity contribution in [3.8, 4) is 0 Å². The summed E-state index contributed by atoms with van der Waals surface area (Å²) in [4.78, 5) is 0. The van der Waals surface area contributed by atoms with Crippen LogP contribution in [0.1, 0.15) is 64.7 Å². The average molecular weight is 257 g/mol. The smallest absolute Gasteiger partial charge is 0.0614 e. The Labute approximate surface area is 112 Å². The summed E-state index contributed by atoms with van der Waals surface area (Å²) < 4.78 is 5.97. The third kappa shape index (κ3) is 5.25. The van der Waals surface area contributed by atoms with Crippen LogP contribution >= 0.6 is 0 Å². The molecular weight excluding hydrogens is 226 g/mol. The second-order valence-corrected chi connectivity index (χ2v) is 5.69. The van der Waals surface area contributed by atoms with Crippen molar-refractivity contribution in [2.24, 2.45) is 0 Å². The van der Waals surface area contributed by atoms with Gasteiger partial charge in [-0.05, 0) is 39.2 Å². The minimum Gasteiger partial charge on any atom is -0.394 e. The van der Waals surface area contributed by atoms with E-state index in [0.29, 0.717) is 6.10 Å². The van der Waals surface area contributed by atoms with E-state index in [1.54, 1.807) is 0 Å². The number of rotatable bonds is 9. The summed E-state index contributed by atoms with van der Waals surface area (Å²) in [5.74, 6) is 0. The Morgan fingerprint density at radius 2 is 2.06 bits per heavy atom. The van der Waals surface area contributed by atoms with Crippen LogP contribution in [-0.2, 0) is 4.74 Å². The van der Waals surface area contributed by atoms with E-state index in [-0.39, 0.29) is 12.1 Å². The van der Waals surface area contributed by atoms with Crippen LogP contribution in [0.3, 0.4) is 0 Å². The van der Waals surface area contributed by atoms with Gasteiger partial charge in [0.25, 0.3) is 0 Å². The summed E-state index contributed by atoms with van der Waals surface area (Å²) in [6.07, 6.45) is 11.1. The normalized spacial score (nSPS) is 28.5. The van der Waals surface area contributed by atoms with E-state index in [0.717, 1.165) is 32.3 Å². The Hall–Kier alpha value is -0.120. The molecule has 1 aliphatic carbocycles. The highest BCUT2D eigenvalue weighted by atomic mass is 16.5. The van der Waals surface area contributed by atoms with Gasteiger partial charge in [0.2, 0.25) is 0 Å². The highest BCUT2D eigenvalue weighted by molar-refractivity contribution is 4.92. The Balaban J connectivity index is 2.14. The molecule has 0 saturated heterocycles. The molecule has 1 aliphatic rings. The fourth-order valence-corrected chi connectivity index (χ4v) is 2.86. The largest absolute Gasteiger partial charge is 0.394 e. The maximum atomic E-state index is 9.51. The highest BCUT2D eigenvalue weighted by Gasteiger charge is 2.34. The number of aliphatic hydroxyl groups is 1. The fraction of sp³-hybridized carbons (Fsp3) is 1.00. The van der Waals surface area contributed by atoms with Gasteiger partial charge in [-0.15, -0.1) is 0 Å². The van der Waals surface area contributed by atoms with E-state index < -0.39 is 0 Å². The van der Waals surface area contributed by atoms with Gasteiger partial charge in [0.05, 0.1) is 12.7 Å². The zero-order valence-corrected chi connectivity index (χ0v) is 12.2. The van der Waals surface area contributed by atoms with E-state index in [4.69, 9.17) is 4.74 Å². The van der Waals surface area contributed by atoms with E-state index in [1.807, 2.05) is 7.05 Å². The third-order valence-corrected chi connectivity index (χ3v) is 4.23. The third-order valence-electron chi connectivity index (χ3n) is 4.23. The summed E-state index contributed by atoms with van der Waals surface area (Å²) in [6.45, 7) is 3.35. The van der Waals surface area contributed by atoms with E-state index in [2.05, 4.69) is 12.2 Å². The first-order valence-electron chi connectivity index (χ1n) is 7.67. The van der Waals surface area contributed by atoms with Crippen LogP contribution in [0, 0.1) is 0 Å². The molecule has 0 amide bonds. The minimum atomic E-state index is -0.0921. The molecule has 3 heteroatoms. The number of hydrogen-bond donors (Lipinski definition) is 2. The molecule has 2 atom stereocenters. The molecule has 3 nitrogen and oxygen atoms in total. The minimum absolute atomic E-state index is 0.0921. The molecule has 1 saturated carbocycles. The second-order valence-electron chi connectivity index (χ2n) is 5.69. The van der Waals surface area contributed by atoms with Crippen molar-refractivity contribution in [3.63, 3.8) is 0 Å². The van der Waals surface area contributed by atoms with Crippen molar-refractivity contribution in [1.82, 2.24) is 5.32 Å². The number of likely N-dealkylation sites (N-methyl/N-ethyl adjacent to an activating group) is 1. The lowest BCUT2D eigenvalue weighted by Gasteiger charge is -2.39. The predicted octanol–water partition coefficient (Wildman–Crippen LogP) is 2.87. The van der Waals surface area contributed by atoms with Gasteiger partial charge in [-0.2, -0.15) is 0 Å². The molecule has 2 N–H and O–H groups in total. The number of ether oxygens (including phenoxy) is 1. The topological polar surface area (TPSA) is 41.5 Å². The van der Waals surface area contributed by atoms with Gasteiger partial charge in [-0.3, -0.25) is 0 Å². The maximum Gasteiger partial charge on any atom is 0.0614 e. The summed E-state index contributed by atoms with van der Waals surface area (Å²) in [5.41, 5.74) is -0.0921. The van der Waals surface area contributed by atoms with Gasteiger partial charge in [0, 0.05) is 12.1 Å². The molecule has 0 bridgehead atoms. The molecule has 0 aromatic carbocycles. The standard InChI is InChI=1S/C15H31NO2/c1-3-4-5-6-7-11-18-14-9-8-10-15(12-14,13-17)16-2/h14,16-17H,3-13H2,1-2H3. The number of hydrogen-bond acceptors (Lipinski definition) is 3. The van der Waals surface area contributed by atoms with Crippen molar-refractivity contribution < 1.29 is 9.84 Å². The van der Waals surface area contributed by atoms with Crippen LogP contribution in [0.25, 0.3) is 0 Å². The van der Waals surface area contributed by atoms with Gasteiger partial charge in [-0.1, -0.05) is 32.6 Å². The summed E-state index contributed by atoms with van der Waals surface area (Å²) in [5, 5.41) is 12.8. The zero-order chi connectivity index (χ0) is 13.3. The molecule has 0 aromatic heterocycles. The molecule has 1 rings (SSSR count). The van der Waals surface area contributed by atoms with E-state index in [1.165, 1.54) is 32.1 Å². The number of aliphatic hydroxyl groups excluding tert-OH is 1. The van der Waals surface area contributed by atoms with Crippen LogP contribution in [0.4, 0.5) is 0 Å². The molecule has 0 aromatic rings. The monoisotopic (exact) mass is 257 g/mol. The molecule has 18 heavy (non-hydrogen) atoms. The summed E-state index contributed by atoms with van der Waals surface area (Å²) in [6, 6.07) is 0. The van der Waals surface area contributed by atoms with Crippen LogP contribution < -0.4 is 5.32 Å². The summed E-state index contributed by atoms with van der Waals surface area (Å²) >= 11 is 0. The van der Waals surface area contributed by atoms with Crippen molar-refractivity contribution in [3.05, 3.63) is 0 Å². The highest BCUT2D eigenvalue weighted by Crippen LogP contribution is 2.29. The lowest BCUT2D eigenvalue weighted by molar-refractivity contribution is -0.0149. The molecule has 0 heterocycles. The van der Waals surface area contributed by atoms with E-state index >= 15 is 0 Å². The SMILES string of the molecule is CCCCCCCOC1CCCC(CO)(NC)C1. The Kier molecular flexibility index (Phi) is 7.87. The Morgan fingerprint density at radius 3 is 2.72 bits per heavy atom. The zero-order valence-electron chi connectivity index (χ0n) is 12.2. The number of unbranched alkanes of at least 4 members (excludes halogenated alkanes) is 4.